The lowest BCUT2D eigenvalue weighted by Gasteiger charge is -2.33. The van der Waals surface area contributed by atoms with Crippen molar-refractivity contribution in [1.29, 1.82) is 5.26 Å². The van der Waals surface area contributed by atoms with Gasteiger partial charge in [-0.1, -0.05) is 32.5 Å². The van der Waals surface area contributed by atoms with Gasteiger partial charge in [0.1, 0.15) is 5.54 Å². The van der Waals surface area contributed by atoms with Crippen molar-refractivity contribution in [2.75, 3.05) is 5.75 Å². The number of rotatable bonds is 6. The van der Waals surface area contributed by atoms with Gasteiger partial charge in [0.05, 0.1) is 16.7 Å². The first-order valence-electron chi connectivity index (χ1n) is 11.0. The molecule has 2 aromatic heterocycles. The van der Waals surface area contributed by atoms with Crippen molar-refractivity contribution >= 4 is 29.0 Å². The molecule has 0 aromatic carbocycles. The second-order valence-corrected chi connectivity index (χ2v) is 12.2. The van der Waals surface area contributed by atoms with Crippen molar-refractivity contribution < 1.29 is 4.79 Å². The summed E-state index contributed by atoms with van der Waals surface area (Å²) in [5.41, 5.74) is 1.03. The highest BCUT2D eigenvalue weighted by Crippen LogP contribution is 2.42. The minimum absolute atomic E-state index is 0.134. The van der Waals surface area contributed by atoms with Crippen LogP contribution in [0.3, 0.4) is 0 Å². The molecule has 2 atom stereocenters. The van der Waals surface area contributed by atoms with Crippen LogP contribution in [0.15, 0.2) is 11.2 Å². The zero-order valence-corrected chi connectivity index (χ0v) is 20.6. The summed E-state index contributed by atoms with van der Waals surface area (Å²) in [6.07, 6.45) is 5.53. The maximum atomic E-state index is 12.4. The summed E-state index contributed by atoms with van der Waals surface area (Å²) < 4.78 is 1.97. The number of thiophene rings is 1. The van der Waals surface area contributed by atoms with Crippen LogP contribution in [0.1, 0.15) is 57.4 Å². The topological polar surface area (TPSA) is 83.6 Å². The number of carbonyl (C=O) groups is 1. The predicted octanol–water partition coefficient (Wildman–Crippen LogP) is 4.60. The Hall–Kier alpha value is -1.85. The van der Waals surface area contributed by atoms with Crippen molar-refractivity contribution in [2.24, 2.45) is 24.3 Å². The Bertz CT molecular complexity index is 1020. The molecule has 1 amide bonds. The fourth-order valence-corrected chi connectivity index (χ4v) is 6.31. The van der Waals surface area contributed by atoms with Crippen LogP contribution in [0.5, 0.6) is 0 Å². The summed E-state index contributed by atoms with van der Waals surface area (Å²) in [6.45, 7) is 8.82. The predicted molar refractivity (Wildman–Crippen MR) is 125 cm³/mol. The minimum atomic E-state index is -0.760. The van der Waals surface area contributed by atoms with E-state index in [1.54, 1.807) is 0 Å². The van der Waals surface area contributed by atoms with Crippen molar-refractivity contribution in [3.05, 3.63) is 16.5 Å². The second-order valence-electron chi connectivity index (χ2n) is 10.2. The van der Waals surface area contributed by atoms with Crippen LogP contribution in [-0.2, 0) is 24.7 Å². The Balaban J connectivity index is 1.42. The molecule has 0 bridgehead atoms. The number of aryl methyl sites for hydroxylation is 1. The molecule has 2 aliphatic carbocycles. The molecule has 1 fully saturated rings. The molecule has 166 valence electrons. The van der Waals surface area contributed by atoms with E-state index < -0.39 is 5.54 Å². The number of hydrogen-bond acceptors (Lipinski definition) is 6. The fourth-order valence-electron chi connectivity index (χ4n) is 4.37. The molecular formula is C23H31N5OS2. The van der Waals surface area contributed by atoms with E-state index in [1.807, 2.05) is 29.9 Å². The van der Waals surface area contributed by atoms with Crippen LogP contribution >= 0.6 is 23.1 Å². The molecule has 0 aliphatic heterocycles. The van der Waals surface area contributed by atoms with Gasteiger partial charge in [-0.05, 0) is 67.9 Å². The van der Waals surface area contributed by atoms with Crippen LogP contribution in [-0.4, -0.2) is 32.0 Å². The molecule has 2 heterocycles. The van der Waals surface area contributed by atoms with Crippen molar-refractivity contribution in [2.45, 2.75) is 70.5 Å². The molecule has 6 nitrogen and oxygen atoms in total. The molecule has 2 aliphatic rings. The number of carbonyl (C=O) groups excluding carboxylic acids is 1. The molecule has 8 heteroatoms. The quantitative estimate of drug-likeness (QED) is 0.641. The van der Waals surface area contributed by atoms with Crippen LogP contribution in [0.2, 0.25) is 0 Å². The van der Waals surface area contributed by atoms with Gasteiger partial charge in [-0.2, -0.15) is 5.26 Å². The number of fused-ring (bicyclic) bond motifs is 1. The van der Waals surface area contributed by atoms with Crippen molar-refractivity contribution in [3.8, 4) is 16.8 Å². The Morgan fingerprint density at radius 1 is 1.29 bits per heavy atom. The van der Waals surface area contributed by atoms with Gasteiger partial charge in [0.25, 0.3) is 0 Å². The van der Waals surface area contributed by atoms with Gasteiger partial charge in [-0.15, -0.1) is 21.5 Å². The van der Waals surface area contributed by atoms with Gasteiger partial charge >= 0.3 is 0 Å². The summed E-state index contributed by atoms with van der Waals surface area (Å²) in [7, 11) is 1.95. The average Bonchev–Trinajstić information content (AvgIpc) is 3.39. The molecule has 2 unspecified atom stereocenters. The van der Waals surface area contributed by atoms with Gasteiger partial charge in [0.2, 0.25) is 5.91 Å². The lowest BCUT2D eigenvalue weighted by Crippen LogP contribution is -2.47. The van der Waals surface area contributed by atoms with Gasteiger partial charge in [-0.25, -0.2) is 0 Å². The summed E-state index contributed by atoms with van der Waals surface area (Å²) in [6, 6.07) is 4.56. The van der Waals surface area contributed by atoms with E-state index in [2.05, 4.69) is 48.4 Å². The van der Waals surface area contributed by atoms with Gasteiger partial charge in [0, 0.05) is 11.9 Å². The SMILES string of the molecule is Cn1c(SCC(=O)NC(C)(C#N)C2CC2)nnc1-c1cc2c(s1)CCC(C(C)(C)C)C2. The number of hydrogen-bond donors (Lipinski definition) is 1. The first-order chi connectivity index (χ1) is 14.6. The molecule has 1 N–H and O–H groups in total. The second kappa shape index (κ2) is 8.25. The Kier molecular flexibility index (Phi) is 5.95. The maximum Gasteiger partial charge on any atom is 0.231 e. The summed E-state index contributed by atoms with van der Waals surface area (Å²) in [5.74, 6) is 1.93. The maximum absolute atomic E-state index is 12.4. The number of nitrogens with one attached hydrogen (secondary N) is 1. The van der Waals surface area contributed by atoms with Crippen LogP contribution in [0, 0.1) is 28.6 Å². The molecule has 4 rings (SSSR count). The molecule has 31 heavy (non-hydrogen) atoms. The summed E-state index contributed by atoms with van der Waals surface area (Å²) in [5, 5.41) is 21.8. The van der Waals surface area contributed by atoms with E-state index in [9.17, 15) is 10.1 Å². The average molecular weight is 458 g/mol. The number of thioether (sulfide) groups is 1. The number of amides is 1. The van der Waals surface area contributed by atoms with Gasteiger partial charge < -0.3 is 9.88 Å². The molecular weight excluding hydrogens is 426 g/mol. The number of aromatic nitrogens is 3. The molecule has 0 radical (unpaired) electrons. The normalized spacial score (nSPS) is 20.6. The Labute approximate surface area is 192 Å². The monoisotopic (exact) mass is 457 g/mol. The summed E-state index contributed by atoms with van der Waals surface area (Å²) in [4.78, 5) is 15.0. The van der Waals surface area contributed by atoms with E-state index in [1.165, 1.54) is 28.6 Å². The lowest BCUT2D eigenvalue weighted by molar-refractivity contribution is -0.119. The highest BCUT2D eigenvalue weighted by molar-refractivity contribution is 7.99. The standard InChI is InChI=1S/C23H31N5OS2/c1-22(2,3)16-8-9-17-14(10-16)11-18(31-17)20-26-27-21(28(20)5)30-12-19(29)25-23(4,13-24)15-6-7-15/h11,15-16H,6-10,12H2,1-5H3,(H,25,29). The van der Waals surface area contributed by atoms with E-state index in [4.69, 9.17) is 0 Å². The van der Waals surface area contributed by atoms with E-state index in [-0.39, 0.29) is 17.6 Å². The molecule has 0 saturated heterocycles. The Morgan fingerprint density at radius 2 is 2.03 bits per heavy atom. The fraction of sp³-hybridized carbons (Fsp3) is 0.652. The first kappa shape index (κ1) is 22.3. The van der Waals surface area contributed by atoms with E-state index in [0.29, 0.717) is 16.5 Å². The molecule has 1 saturated carbocycles. The lowest BCUT2D eigenvalue weighted by atomic mass is 9.72. The smallest absolute Gasteiger partial charge is 0.231 e. The van der Waals surface area contributed by atoms with Crippen LogP contribution in [0.25, 0.3) is 10.7 Å². The molecule has 0 spiro atoms. The third kappa shape index (κ3) is 4.68. The first-order valence-corrected chi connectivity index (χ1v) is 12.8. The van der Waals surface area contributed by atoms with Crippen molar-refractivity contribution in [3.63, 3.8) is 0 Å². The summed E-state index contributed by atoms with van der Waals surface area (Å²) >= 11 is 3.19. The minimum Gasteiger partial charge on any atom is -0.337 e. The van der Waals surface area contributed by atoms with Crippen LogP contribution in [0.4, 0.5) is 0 Å². The zero-order chi connectivity index (χ0) is 22.4. The van der Waals surface area contributed by atoms with E-state index in [0.717, 1.165) is 36.4 Å². The van der Waals surface area contributed by atoms with Crippen LogP contribution < -0.4 is 5.32 Å². The van der Waals surface area contributed by atoms with E-state index >= 15 is 0 Å². The Morgan fingerprint density at radius 3 is 2.68 bits per heavy atom. The highest BCUT2D eigenvalue weighted by Gasteiger charge is 2.43. The van der Waals surface area contributed by atoms with Gasteiger partial charge in [0.15, 0.2) is 11.0 Å². The highest BCUT2D eigenvalue weighted by atomic mass is 32.2. The van der Waals surface area contributed by atoms with Gasteiger partial charge in [-0.3, -0.25) is 4.79 Å². The number of nitriles is 1. The third-order valence-electron chi connectivity index (χ3n) is 6.72. The molecule has 2 aromatic rings. The number of nitrogens with zero attached hydrogens (tertiary/aromatic N) is 4. The largest absolute Gasteiger partial charge is 0.337 e. The third-order valence-corrected chi connectivity index (χ3v) is 8.97. The van der Waals surface area contributed by atoms with Crippen molar-refractivity contribution in [1.82, 2.24) is 20.1 Å². The zero-order valence-electron chi connectivity index (χ0n) is 19.0.